The summed E-state index contributed by atoms with van der Waals surface area (Å²) in [6, 6.07) is 4.00. The summed E-state index contributed by atoms with van der Waals surface area (Å²) in [6.45, 7) is 5.59. The Bertz CT molecular complexity index is 842. The third kappa shape index (κ3) is 3.47. The first-order valence-electron chi connectivity index (χ1n) is 10.0. The van der Waals surface area contributed by atoms with Gasteiger partial charge in [0.25, 0.3) is 0 Å². The van der Waals surface area contributed by atoms with Crippen LogP contribution in [0.5, 0.6) is 5.75 Å². The molecular weight excluding hydrogens is 360 g/mol. The Hall–Kier alpha value is -1.59. The zero-order chi connectivity index (χ0) is 19.0. The van der Waals surface area contributed by atoms with E-state index in [1.54, 1.807) is 11.3 Å². The largest absolute Gasteiger partial charge is 0.507 e. The fourth-order valence-electron chi connectivity index (χ4n) is 4.68. The lowest BCUT2D eigenvalue weighted by Gasteiger charge is -2.27. The highest BCUT2D eigenvalue weighted by atomic mass is 32.1. The highest BCUT2D eigenvalue weighted by molar-refractivity contribution is 7.10. The fraction of sp³-hybridized carbons (Fsp3) is 0.591. The van der Waals surface area contributed by atoms with E-state index in [0.29, 0.717) is 17.2 Å². The van der Waals surface area contributed by atoms with Crippen molar-refractivity contribution in [2.45, 2.75) is 63.7 Å². The Morgan fingerprint density at radius 1 is 1.41 bits per heavy atom. The Kier molecular flexibility index (Phi) is 5.17. The maximum Gasteiger partial charge on any atom is 0.343 e. The predicted molar refractivity (Wildman–Crippen MR) is 107 cm³/mol. The van der Waals surface area contributed by atoms with Crippen molar-refractivity contribution in [1.82, 2.24) is 0 Å². The zero-order valence-electron chi connectivity index (χ0n) is 16.1. The highest BCUT2D eigenvalue weighted by Gasteiger charge is 2.50. The number of hydrogen-bond donors (Lipinski definition) is 1. The monoisotopic (exact) mass is 388 g/mol. The molecule has 4 rings (SSSR count). The van der Waals surface area contributed by atoms with Crippen LogP contribution >= 0.6 is 11.3 Å². The molecule has 1 N–H and O–H groups in total. The van der Waals surface area contributed by atoms with Crippen molar-refractivity contribution in [3.63, 3.8) is 0 Å². The zero-order valence-corrected chi connectivity index (χ0v) is 16.9. The topological polar surface area (TPSA) is 59.7 Å². The normalized spacial score (nSPS) is 22.5. The van der Waals surface area contributed by atoms with Gasteiger partial charge < -0.3 is 14.3 Å². The summed E-state index contributed by atoms with van der Waals surface area (Å²) in [6.07, 6.45) is 6.06. The summed E-state index contributed by atoms with van der Waals surface area (Å²) in [7, 11) is 0. The van der Waals surface area contributed by atoms with Gasteiger partial charge in [0, 0.05) is 35.0 Å². The molecule has 0 amide bonds. The van der Waals surface area contributed by atoms with Crippen LogP contribution in [0.3, 0.4) is 0 Å². The molecule has 1 saturated carbocycles. The number of ether oxygens (including phenoxy) is 1. The van der Waals surface area contributed by atoms with Gasteiger partial charge in [0.05, 0.1) is 5.56 Å². The molecule has 0 spiro atoms. The van der Waals surface area contributed by atoms with E-state index in [9.17, 15) is 9.90 Å². The molecule has 1 aliphatic carbocycles. The van der Waals surface area contributed by atoms with Crippen molar-refractivity contribution in [3.8, 4) is 5.75 Å². The van der Waals surface area contributed by atoms with Crippen LogP contribution in [0, 0.1) is 12.8 Å². The van der Waals surface area contributed by atoms with E-state index in [-0.39, 0.29) is 22.7 Å². The third-order valence-electron chi connectivity index (χ3n) is 6.28. The first kappa shape index (κ1) is 18.8. The van der Waals surface area contributed by atoms with Crippen molar-refractivity contribution < 1.29 is 14.3 Å². The quantitative estimate of drug-likeness (QED) is 0.747. The summed E-state index contributed by atoms with van der Waals surface area (Å²) in [5.74, 6) is 1.24. The first-order chi connectivity index (χ1) is 13.1. The van der Waals surface area contributed by atoms with Crippen LogP contribution in [0.25, 0.3) is 0 Å². The highest BCUT2D eigenvalue weighted by Crippen LogP contribution is 2.55. The lowest BCUT2D eigenvalue weighted by atomic mass is 9.84. The summed E-state index contributed by atoms with van der Waals surface area (Å²) < 4.78 is 11.6. The predicted octanol–water partition coefficient (Wildman–Crippen LogP) is 5.11. The van der Waals surface area contributed by atoms with Crippen molar-refractivity contribution in [2.24, 2.45) is 5.92 Å². The summed E-state index contributed by atoms with van der Waals surface area (Å²) in [4.78, 5) is 14.0. The van der Waals surface area contributed by atoms with E-state index in [1.807, 2.05) is 31.4 Å². The third-order valence-corrected chi connectivity index (χ3v) is 7.26. The fourth-order valence-corrected chi connectivity index (χ4v) is 5.60. The molecule has 2 unspecified atom stereocenters. The second kappa shape index (κ2) is 7.44. The molecule has 2 atom stereocenters. The van der Waals surface area contributed by atoms with Crippen LogP contribution in [0.15, 0.2) is 26.7 Å². The van der Waals surface area contributed by atoms with Crippen LogP contribution in [0.2, 0.25) is 0 Å². The van der Waals surface area contributed by atoms with E-state index in [4.69, 9.17) is 9.15 Å². The molecule has 2 aliphatic rings. The van der Waals surface area contributed by atoms with Crippen LogP contribution in [-0.2, 0) is 10.2 Å². The molecule has 2 aromatic rings. The van der Waals surface area contributed by atoms with Crippen LogP contribution < -0.4 is 5.63 Å². The molecule has 1 saturated heterocycles. The number of aromatic hydroxyl groups is 1. The second-order valence-electron chi connectivity index (χ2n) is 8.15. The van der Waals surface area contributed by atoms with Gasteiger partial charge in [-0.05, 0) is 62.8 Å². The minimum absolute atomic E-state index is 0.0880. The Balaban J connectivity index is 1.69. The molecule has 3 heterocycles. The van der Waals surface area contributed by atoms with Gasteiger partial charge in [-0.25, -0.2) is 4.79 Å². The Morgan fingerprint density at radius 3 is 2.81 bits per heavy atom. The average Bonchev–Trinajstić information content (AvgIpc) is 3.24. The summed E-state index contributed by atoms with van der Waals surface area (Å²) in [5, 5.41) is 13.0. The first-order valence-corrected chi connectivity index (χ1v) is 10.9. The van der Waals surface area contributed by atoms with Crippen LogP contribution in [0.1, 0.15) is 73.1 Å². The van der Waals surface area contributed by atoms with Crippen molar-refractivity contribution >= 4 is 11.3 Å². The molecule has 2 aromatic heterocycles. The van der Waals surface area contributed by atoms with Gasteiger partial charge in [-0.2, -0.15) is 0 Å². The average molecular weight is 389 g/mol. The Labute approximate surface area is 164 Å². The molecule has 0 bridgehead atoms. The number of hydrogen-bond acceptors (Lipinski definition) is 5. The molecule has 0 aromatic carbocycles. The molecular formula is C22H28O4S. The number of thiophene rings is 1. The summed E-state index contributed by atoms with van der Waals surface area (Å²) >= 11 is 1.61. The maximum atomic E-state index is 12.9. The maximum absolute atomic E-state index is 12.9. The smallest absolute Gasteiger partial charge is 0.343 e. The van der Waals surface area contributed by atoms with Crippen LogP contribution in [-0.4, -0.2) is 18.3 Å². The van der Waals surface area contributed by atoms with Gasteiger partial charge in [-0.1, -0.05) is 13.0 Å². The molecule has 146 valence electrons. The molecule has 27 heavy (non-hydrogen) atoms. The van der Waals surface area contributed by atoms with E-state index in [1.165, 1.54) is 6.42 Å². The molecule has 0 radical (unpaired) electrons. The Morgan fingerprint density at radius 2 is 2.22 bits per heavy atom. The van der Waals surface area contributed by atoms with Gasteiger partial charge in [0.15, 0.2) is 0 Å². The lowest BCUT2D eigenvalue weighted by molar-refractivity contribution is 0.0464. The van der Waals surface area contributed by atoms with Crippen molar-refractivity contribution in [1.29, 1.82) is 0 Å². The van der Waals surface area contributed by atoms with Crippen LogP contribution in [0.4, 0.5) is 0 Å². The standard InChI is InChI=1S/C22H28O4S/c1-3-16(17-7-5-11-27-17)18-19(23)14(2)20(26-21(18)24)22(8-9-22)12-15-6-4-10-25-13-15/h5,7,11,15-16,23H,3-4,6,8-10,12-13H2,1-2H3. The SMILES string of the molecule is CCC(c1cccs1)c1c(O)c(C)c(C2(CC3CCCOC3)CC2)oc1=O. The van der Waals surface area contributed by atoms with E-state index in [0.717, 1.165) is 55.8 Å². The molecule has 2 fully saturated rings. The van der Waals surface area contributed by atoms with E-state index < -0.39 is 0 Å². The van der Waals surface area contributed by atoms with Crippen molar-refractivity contribution in [3.05, 3.63) is 49.7 Å². The molecule has 1 aliphatic heterocycles. The molecule has 5 heteroatoms. The summed E-state index contributed by atoms with van der Waals surface area (Å²) in [5.41, 5.74) is 0.696. The van der Waals surface area contributed by atoms with Gasteiger partial charge >= 0.3 is 5.63 Å². The lowest BCUT2D eigenvalue weighted by Crippen LogP contribution is -2.25. The molecule has 4 nitrogen and oxygen atoms in total. The van der Waals surface area contributed by atoms with E-state index >= 15 is 0 Å². The van der Waals surface area contributed by atoms with E-state index in [2.05, 4.69) is 0 Å². The second-order valence-corrected chi connectivity index (χ2v) is 9.13. The minimum atomic E-state index is -0.375. The minimum Gasteiger partial charge on any atom is -0.507 e. The number of rotatable bonds is 6. The van der Waals surface area contributed by atoms with Gasteiger partial charge in [-0.3, -0.25) is 0 Å². The van der Waals surface area contributed by atoms with Crippen molar-refractivity contribution in [2.75, 3.05) is 13.2 Å². The van der Waals surface area contributed by atoms with Gasteiger partial charge in [-0.15, -0.1) is 11.3 Å². The van der Waals surface area contributed by atoms with Gasteiger partial charge in [0.2, 0.25) is 0 Å². The van der Waals surface area contributed by atoms with Gasteiger partial charge in [0.1, 0.15) is 11.5 Å².